The number of ether oxygens (including phenoxy) is 1. The van der Waals surface area contributed by atoms with Gasteiger partial charge in [-0.2, -0.15) is 13.2 Å². The molecule has 1 atom stereocenters. The third-order valence-corrected chi connectivity index (χ3v) is 2.93. The number of hydrogen-bond donors (Lipinski definition) is 1. The van der Waals surface area contributed by atoms with Gasteiger partial charge in [-0.15, -0.1) is 0 Å². The van der Waals surface area contributed by atoms with Crippen LogP contribution in [0.15, 0.2) is 18.2 Å². The molecule has 5 heteroatoms. The molecule has 0 saturated carbocycles. The minimum atomic E-state index is -4.31. The molecule has 1 heterocycles. The number of fused-ring (bicyclic) bond motifs is 1. The van der Waals surface area contributed by atoms with Crippen molar-refractivity contribution < 1.29 is 17.9 Å². The summed E-state index contributed by atoms with van der Waals surface area (Å²) in [6.45, 7) is 0.422. The van der Waals surface area contributed by atoms with Crippen molar-refractivity contribution in [1.29, 1.82) is 0 Å². The highest BCUT2D eigenvalue weighted by Crippen LogP contribution is 2.39. The Morgan fingerprint density at radius 1 is 1.41 bits per heavy atom. The van der Waals surface area contributed by atoms with E-state index in [1.54, 1.807) is 13.2 Å². The zero-order valence-electron chi connectivity index (χ0n) is 9.47. The summed E-state index contributed by atoms with van der Waals surface area (Å²) in [5, 5.41) is 2.93. The summed E-state index contributed by atoms with van der Waals surface area (Å²) < 4.78 is 43.4. The van der Waals surface area contributed by atoms with Gasteiger partial charge in [-0.25, -0.2) is 0 Å². The third kappa shape index (κ3) is 2.54. The molecule has 1 aliphatic rings. The normalized spacial score (nSPS) is 19.6. The second kappa shape index (κ2) is 4.56. The molecule has 0 aromatic heterocycles. The van der Waals surface area contributed by atoms with Crippen LogP contribution >= 0.6 is 0 Å². The molecule has 0 fully saturated rings. The maximum Gasteiger partial charge on any atom is 0.418 e. The summed E-state index contributed by atoms with van der Waals surface area (Å²) in [6, 6.07) is 4.26. The van der Waals surface area contributed by atoms with Gasteiger partial charge in [0.15, 0.2) is 0 Å². The number of methoxy groups -OCH3 is 1. The van der Waals surface area contributed by atoms with E-state index in [-0.39, 0.29) is 11.7 Å². The molecule has 0 radical (unpaired) electrons. The van der Waals surface area contributed by atoms with Crippen molar-refractivity contribution in [2.75, 3.05) is 19.0 Å². The summed E-state index contributed by atoms with van der Waals surface area (Å²) in [5.41, 5.74) is 0.358. The minimum Gasteiger partial charge on any atom is -0.383 e. The van der Waals surface area contributed by atoms with E-state index < -0.39 is 11.7 Å². The predicted molar refractivity (Wildman–Crippen MR) is 59.1 cm³/mol. The zero-order chi connectivity index (χ0) is 12.5. The van der Waals surface area contributed by atoms with E-state index in [1.165, 1.54) is 6.07 Å². The Hall–Kier alpha value is -1.23. The Labute approximate surface area is 97.8 Å². The van der Waals surface area contributed by atoms with Crippen LogP contribution in [0.5, 0.6) is 0 Å². The number of para-hydroxylation sites is 1. The number of aryl methyl sites for hydroxylation is 1. The first-order valence-corrected chi connectivity index (χ1v) is 5.47. The van der Waals surface area contributed by atoms with Crippen molar-refractivity contribution >= 4 is 5.69 Å². The van der Waals surface area contributed by atoms with Gasteiger partial charge < -0.3 is 10.1 Å². The highest BCUT2D eigenvalue weighted by atomic mass is 19.4. The maximum atomic E-state index is 12.8. The van der Waals surface area contributed by atoms with E-state index in [2.05, 4.69) is 5.32 Å². The average Bonchev–Trinajstić information content (AvgIpc) is 2.27. The smallest absolute Gasteiger partial charge is 0.383 e. The standard InChI is InChI=1S/C12H14F3NO/c1-17-7-9-6-5-8-3-2-4-10(11(8)16-9)12(13,14)15/h2-4,9,16H,5-7H2,1H3. The highest BCUT2D eigenvalue weighted by Gasteiger charge is 2.35. The molecular weight excluding hydrogens is 231 g/mol. The van der Waals surface area contributed by atoms with E-state index in [0.717, 1.165) is 18.1 Å². The van der Waals surface area contributed by atoms with E-state index in [0.29, 0.717) is 13.0 Å². The summed E-state index contributed by atoms with van der Waals surface area (Å²) >= 11 is 0. The average molecular weight is 245 g/mol. The maximum absolute atomic E-state index is 12.8. The molecule has 2 nitrogen and oxygen atoms in total. The van der Waals surface area contributed by atoms with Crippen LogP contribution in [0.4, 0.5) is 18.9 Å². The van der Waals surface area contributed by atoms with Crippen molar-refractivity contribution in [3.63, 3.8) is 0 Å². The number of halogens is 3. The Bertz CT molecular complexity index is 403. The molecule has 0 spiro atoms. The first-order chi connectivity index (χ1) is 8.02. The summed E-state index contributed by atoms with van der Waals surface area (Å²) in [5.74, 6) is 0. The quantitative estimate of drug-likeness (QED) is 0.864. The molecule has 1 unspecified atom stereocenters. The fourth-order valence-electron chi connectivity index (χ4n) is 2.15. The summed E-state index contributed by atoms with van der Waals surface area (Å²) in [6.07, 6.45) is -2.87. The van der Waals surface area contributed by atoms with Crippen LogP contribution in [-0.4, -0.2) is 19.8 Å². The van der Waals surface area contributed by atoms with Crippen molar-refractivity contribution in [3.05, 3.63) is 29.3 Å². The van der Waals surface area contributed by atoms with Gasteiger partial charge in [0.25, 0.3) is 0 Å². The largest absolute Gasteiger partial charge is 0.418 e. The zero-order valence-corrected chi connectivity index (χ0v) is 9.47. The molecule has 0 saturated heterocycles. The lowest BCUT2D eigenvalue weighted by atomic mass is 9.95. The van der Waals surface area contributed by atoms with Gasteiger partial charge in [0.2, 0.25) is 0 Å². The lowest BCUT2D eigenvalue weighted by molar-refractivity contribution is -0.137. The lowest BCUT2D eigenvalue weighted by Crippen LogP contribution is -2.31. The second-order valence-electron chi connectivity index (χ2n) is 4.17. The monoisotopic (exact) mass is 245 g/mol. The summed E-state index contributed by atoms with van der Waals surface area (Å²) in [7, 11) is 1.55. The van der Waals surface area contributed by atoms with Crippen LogP contribution in [-0.2, 0) is 17.3 Å². The molecule has 1 aromatic carbocycles. The number of benzene rings is 1. The van der Waals surface area contributed by atoms with Gasteiger partial charge >= 0.3 is 6.18 Å². The van der Waals surface area contributed by atoms with Crippen molar-refractivity contribution in [1.82, 2.24) is 0 Å². The Morgan fingerprint density at radius 2 is 2.18 bits per heavy atom. The van der Waals surface area contributed by atoms with Crippen LogP contribution < -0.4 is 5.32 Å². The van der Waals surface area contributed by atoms with Crippen molar-refractivity contribution in [3.8, 4) is 0 Å². The van der Waals surface area contributed by atoms with Crippen molar-refractivity contribution in [2.45, 2.75) is 25.1 Å². The molecular formula is C12H14F3NO. The molecule has 0 aliphatic carbocycles. The molecule has 2 rings (SSSR count). The van der Waals surface area contributed by atoms with E-state index >= 15 is 0 Å². The number of hydrogen-bond acceptors (Lipinski definition) is 2. The first-order valence-electron chi connectivity index (χ1n) is 5.47. The van der Waals surface area contributed by atoms with Crippen LogP contribution in [0.1, 0.15) is 17.5 Å². The van der Waals surface area contributed by atoms with Crippen LogP contribution in [0.3, 0.4) is 0 Å². The molecule has 1 aromatic rings. The van der Waals surface area contributed by atoms with Crippen LogP contribution in [0, 0.1) is 0 Å². The highest BCUT2D eigenvalue weighted by molar-refractivity contribution is 5.61. The van der Waals surface area contributed by atoms with E-state index in [4.69, 9.17) is 4.74 Å². The number of alkyl halides is 3. The molecule has 0 amide bonds. The molecule has 17 heavy (non-hydrogen) atoms. The fourth-order valence-corrected chi connectivity index (χ4v) is 2.15. The van der Waals surface area contributed by atoms with E-state index in [1.807, 2.05) is 0 Å². The Balaban J connectivity index is 2.33. The molecule has 1 N–H and O–H groups in total. The second-order valence-corrected chi connectivity index (χ2v) is 4.17. The predicted octanol–water partition coefficient (Wildman–Crippen LogP) is 3.08. The SMILES string of the molecule is COCC1CCc2cccc(C(F)(F)F)c2N1. The van der Waals surface area contributed by atoms with Gasteiger partial charge in [0, 0.05) is 18.8 Å². The minimum absolute atomic E-state index is 0.0454. The van der Waals surface area contributed by atoms with Crippen LogP contribution in [0.2, 0.25) is 0 Å². The fraction of sp³-hybridized carbons (Fsp3) is 0.500. The Kier molecular flexibility index (Phi) is 3.28. The molecule has 0 bridgehead atoms. The van der Waals surface area contributed by atoms with Gasteiger partial charge in [-0.05, 0) is 24.5 Å². The van der Waals surface area contributed by atoms with Gasteiger partial charge in [0.1, 0.15) is 0 Å². The molecule has 1 aliphatic heterocycles. The number of nitrogens with one attached hydrogen (secondary N) is 1. The van der Waals surface area contributed by atoms with Gasteiger partial charge in [-0.1, -0.05) is 12.1 Å². The van der Waals surface area contributed by atoms with Gasteiger partial charge in [-0.3, -0.25) is 0 Å². The van der Waals surface area contributed by atoms with Crippen molar-refractivity contribution in [2.24, 2.45) is 0 Å². The van der Waals surface area contributed by atoms with Crippen LogP contribution in [0.25, 0.3) is 0 Å². The number of anilines is 1. The lowest BCUT2D eigenvalue weighted by Gasteiger charge is -2.29. The summed E-state index contributed by atoms with van der Waals surface area (Å²) in [4.78, 5) is 0. The van der Waals surface area contributed by atoms with Gasteiger partial charge in [0.05, 0.1) is 12.2 Å². The third-order valence-electron chi connectivity index (χ3n) is 2.93. The van der Waals surface area contributed by atoms with E-state index in [9.17, 15) is 13.2 Å². The topological polar surface area (TPSA) is 21.3 Å². The first kappa shape index (κ1) is 12.2. The molecule has 94 valence electrons. The Morgan fingerprint density at radius 3 is 2.82 bits per heavy atom. The number of rotatable bonds is 2.